The molecule has 1 aromatic heterocycles. The van der Waals surface area contributed by atoms with Gasteiger partial charge in [0.25, 0.3) is 0 Å². The van der Waals surface area contributed by atoms with Gasteiger partial charge >= 0.3 is 0 Å². The van der Waals surface area contributed by atoms with E-state index in [2.05, 4.69) is 11.9 Å². The van der Waals surface area contributed by atoms with Crippen LogP contribution in [0.25, 0.3) is 10.9 Å². The SMILES string of the molecule is CCCOc1cc2nccc(Oc3ccc(C)c(Cl)c3)c2cc1OC. The minimum atomic E-state index is 0.625. The molecule has 0 radical (unpaired) electrons. The van der Waals surface area contributed by atoms with E-state index in [0.29, 0.717) is 34.6 Å². The van der Waals surface area contributed by atoms with Crippen LogP contribution in [0.3, 0.4) is 0 Å². The highest BCUT2D eigenvalue weighted by molar-refractivity contribution is 6.31. The van der Waals surface area contributed by atoms with Crippen molar-refractivity contribution in [2.45, 2.75) is 20.3 Å². The van der Waals surface area contributed by atoms with Gasteiger partial charge in [-0.15, -0.1) is 0 Å². The molecule has 0 spiro atoms. The molecule has 130 valence electrons. The molecule has 0 fully saturated rings. The molecule has 0 N–H and O–H groups in total. The van der Waals surface area contributed by atoms with Gasteiger partial charge in [-0.1, -0.05) is 24.6 Å². The Morgan fingerprint density at radius 3 is 2.60 bits per heavy atom. The molecule has 2 aromatic carbocycles. The second-order valence-corrected chi connectivity index (χ2v) is 6.10. The molecule has 0 saturated carbocycles. The number of halogens is 1. The standard InChI is InChI=1S/C20H20ClNO3/c1-4-9-24-20-12-17-15(11-19(20)23-3)18(7-8-22-17)25-14-6-5-13(2)16(21)10-14/h5-8,10-12H,4,9H2,1-3H3. The fourth-order valence-electron chi connectivity index (χ4n) is 2.47. The van der Waals surface area contributed by atoms with Gasteiger partial charge in [-0.25, -0.2) is 0 Å². The first-order valence-electron chi connectivity index (χ1n) is 8.16. The highest BCUT2D eigenvalue weighted by Gasteiger charge is 2.12. The smallest absolute Gasteiger partial charge is 0.163 e. The summed E-state index contributed by atoms with van der Waals surface area (Å²) in [4.78, 5) is 4.42. The molecule has 0 saturated heterocycles. The predicted molar refractivity (Wildman–Crippen MR) is 100 cm³/mol. The maximum absolute atomic E-state index is 6.19. The lowest BCUT2D eigenvalue weighted by Crippen LogP contribution is -1.98. The zero-order valence-corrected chi connectivity index (χ0v) is 15.3. The monoisotopic (exact) mass is 357 g/mol. The highest BCUT2D eigenvalue weighted by atomic mass is 35.5. The molecule has 0 atom stereocenters. The van der Waals surface area contributed by atoms with Crippen LogP contribution in [0, 0.1) is 6.92 Å². The summed E-state index contributed by atoms with van der Waals surface area (Å²) in [6.07, 6.45) is 2.63. The summed E-state index contributed by atoms with van der Waals surface area (Å²) in [6, 6.07) is 11.2. The molecular formula is C20H20ClNO3. The van der Waals surface area contributed by atoms with E-state index >= 15 is 0 Å². The number of nitrogens with zero attached hydrogens (tertiary/aromatic N) is 1. The van der Waals surface area contributed by atoms with Crippen molar-refractivity contribution in [3.05, 3.63) is 53.2 Å². The third-order valence-corrected chi connectivity index (χ3v) is 4.23. The van der Waals surface area contributed by atoms with E-state index in [4.69, 9.17) is 25.8 Å². The maximum atomic E-state index is 6.19. The van der Waals surface area contributed by atoms with Gasteiger partial charge in [0.05, 0.1) is 19.2 Å². The molecule has 0 aliphatic heterocycles. The average Bonchev–Trinajstić information content (AvgIpc) is 2.62. The number of ether oxygens (including phenoxy) is 3. The van der Waals surface area contributed by atoms with Crippen LogP contribution in [0.1, 0.15) is 18.9 Å². The molecule has 25 heavy (non-hydrogen) atoms. The molecular weight excluding hydrogens is 338 g/mol. The van der Waals surface area contributed by atoms with E-state index in [1.54, 1.807) is 19.4 Å². The Morgan fingerprint density at radius 2 is 1.88 bits per heavy atom. The molecule has 0 bridgehead atoms. The van der Waals surface area contributed by atoms with Crippen LogP contribution < -0.4 is 14.2 Å². The summed E-state index contributed by atoms with van der Waals surface area (Å²) in [5, 5.41) is 1.52. The van der Waals surface area contributed by atoms with Crippen LogP contribution in [0.5, 0.6) is 23.0 Å². The first-order valence-corrected chi connectivity index (χ1v) is 8.53. The molecule has 4 nitrogen and oxygen atoms in total. The van der Waals surface area contributed by atoms with Gasteiger partial charge in [-0.05, 0) is 43.2 Å². The van der Waals surface area contributed by atoms with Crippen molar-refractivity contribution in [3.63, 3.8) is 0 Å². The molecule has 0 amide bonds. The fraction of sp³-hybridized carbons (Fsp3) is 0.250. The van der Waals surface area contributed by atoms with Crippen molar-refractivity contribution in [1.29, 1.82) is 0 Å². The Bertz CT molecular complexity index is 895. The lowest BCUT2D eigenvalue weighted by Gasteiger charge is -2.14. The van der Waals surface area contributed by atoms with Crippen LogP contribution in [-0.4, -0.2) is 18.7 Å². The van der Waals surface area contributed by atoms with Gasteiger partial charge in [0.15, 0.2) is 11.5 Å². The van der Waals surface area contributed by atoms with Crippen molar-refractivity contribution < 1.29 is 14.2 Å². The molecule has 0 unspecified atom stereocenters. The van der Waals surface area contributed by atoms with Crippen LogP contribution in [0.15, 0.2) is 42.6 Å². The number of fused-ring (bicyclic) bond motifs is 1. The number of hydrogen-bond donors (Lipinski definition) is 0. The van der Waals surface area contributed by atoms with E-state index in [1.165, 1.54) is 0 Å². The zero-order valence-electron chi connectivity index (χ0n) is 14.5. The first kappa shape index (κ1) is 17.4. The molecule has 0 aliphatic rings. The molecule has 0 aliphatic carbocycles. The van der Waals surface area contributed by atoms with Gasteiger partial charge in [0.2, 0.25) is 0 Å². The number of pyridine rings is 1. The molecule has 3 rings (SSSR count). The molecule has 5 heteroatoms. The van der Waals surface area contributed by atoms with Gasteiger partial charge in [-0.3, -0.25) is 4.98 Å². The Morgan fingerprint density at radius 1 is 1.04 bits per heavy atom. The van der Waals surface area contributed by atoms with E-state index < -0.39 is 0 Å². The lowest BCUT2D eigenvalue weighted by molar-refractivity contribution is 0.295. The second kappa shape index (κ2) is 7.62. The van der Waals surface area contributed by atoms with Crippen molar-refractivity contribution >= 4 is 22.5 Å². The Kier molecular flexibility index (Phi) is 5.29. The van der Waals surface area contributed by atoms with Gasteiger partial charge in [0, 0.05) is 22.7 Å². The zero-order chi connectivity index (χ0) is 17.8. The van der Waals surface area contributed by atoms with Crippen molar-refractivity contribution in [2.24, 2.45) is 0 Å². The number of aromatic nitrogens is 1. The van der Waals surface area contributed by atoms with E-state index in [0.717, 1.165) is 22.9 Å². The molecule has 1 heterocycles. The summed E-state index contributed by atoms with van der Waals surface area (Å²) in [5.74, 6) is 2.69. The molecule has 3 aromatic rings. The fourth-order valence-corrected chi connectivity index (χ4v) is 2.64. The topological polar surface area (TPSA) is 40.6 Å². The quantitative estimate of drug-likeness (QED) is 0.560. The van der Waals surface area contributed by atoms with E-state index in [1.807, 2.05) is 37.3 Å². The number of hydrogen-bond acceptors (Lipinski definition) is 4. The largest absolute Gasteiger partial charge is 0.493 e. The van der Waals surface area contributed by atoms with Crippen molar-refractivity contribution in [3.8, 4) is 23.0 Å². The number of benzene rings is 2. The Balaban J connectivity index is 2.02. The minimum Gasteiger partial charge on any atom is -0.493 e. The minimum absolute atomic E-state index is 0.625. The predicted octanol–water partition coefficient (Wildman–Crippen LogP) is 5.79. The van der Waals surface area contributed by atoms with Crippen LogP contribution >= 0.6 is 11.6 Å². The summed E-state index contributed by atoms with van der Waals surface area (Å²) in [7, 11) is 1.62. The van der Waals surface area contributed by atoms with Crippen LogP contribution in [0.4, 0.5) is 0 Å². The summed E-state index contributed by atoms with van der Waals surface area (Å²) < 4.78 is 17.2. The maximum Gasteiger partial charge on any atom is 0.163 e. The highest BCUT2D eigenvalue weighted by Crippen LogP contribution is 2.37. The van der Waals surface area contributed by atoms with Crippen LogP contribution in [-0.2, 0) is 0 Å². The summed E-state index contributed by atoms with van der Waals surface area (Å²) >= 11 is 6.19. The summed E-state index contributed by atoms with van der Waals surface area (Å²) in [6.45, 7) is 4.64. The lowest BCUT2D eigenvalue weighted by atomic mass is 10.1. The van der Waals surface area contributed by atoms with Gasteiger partial charge in [-0.2, -0.15) is 0 Å². The second-order valence-electron chi connectivity index (χ2n) is 5.69. The average molecular weight is 358 g/mol. The number of aryl methyl sites for hydroxylation is 1. The van der Waals surface area contributed by atoms with E-state index in [9.17, 15) is 0 Å². The van der Waals surface area contributed by atoms with Gasteiger partial charge in [0.1, 0.15) is 11.5 Å². The normalized spacial score (nSPS) is 10.7. The third-order valence-electron chi connectivity index (χ3n) is 3.82. The number of rotatable bonds is 6. The Hall–Kier alpha value is -2.46. The van der Waals surface area contributed by atoms with Crippen molar-refractivity contribution in [1.82, 2.24) is 4.98 Å². The van der Waals surface area contributed by atoms with Crippen molar-refractivity contribution in [2.75, 3.05) is 13.7 Å². The van der Waals surface area contributed by atoms with E-state index in [-0.39, 0.29) is 0 Å². The first-order chi connectivity index (χ1) is 12.1. The Labute approximate surface area is 152 Å². The summed E-state index contributed by atoms with van der Waals surface area (Å²) in [5.41, 5.74) is 1.79. The van der Waals surface area contributed by atoms with Crippen LogP contribution in [0.2, 0.25) is 5.02 Å². The third kappa shape index (κ3) is 3.80. The van der Waals surface area contributed by atoms with Gasteiger partial charge < -0.3 is 14.2 Å². The number of methoxy groups -OCH3 is 1.